The Morgan fingerprint density at radius 1 is 1.15 bits per heavy atom. The molecule has 1 N–H and O–H groups in total. The van der Waals surface area contributed by atoms with Crippen molar-refractivity contribution in [2.45, 2.75) is 96.4 Å². The summed E-state index contributed by atoms with van der Waals surface area (Å²) >= 11 is 0. The molecule has 2 aliphatic heterocycles. The first kappa shape index (κ1) is 24.3. The lowest BCUT2D eigenvalue weighted by Gasteiger charge is -2.56. The maximum atomic E-state index is 12.4. The number of hydrogen-bond acceptors (Lipinski definition) is 6. The van der Waals surface area contributed by atoms with Gasteiger partial charge in [0, 0.05) is 51.0 Å². The Bertz CT molecular complexity index is 841. The molecule has 1 aromatic heterocycles. The molecule has 0 atom stereocenters. The van der Waals surface area contributed by atoms with Crippen LogP contribution in [0.5, 0.6) is 0 Å². The van der Waals surface area contributed by atoms with Crippen molar-refractivity contribution >= 4 is 11.9 Å². The van der Waals surface area contributed by atoms with Gasteiger partial charge in [0.05, 0.1) is 17.2 Å². The molecule has 1 aromatic rings. The Hall–Kier alpha value is -1.80. The van der Waals surface area contributed by atoms with Crippen molar-refractivity contribution in [3.05, 3.63) is 11.8 Å². The highest BCUT2D eigenvalue weighted by Gasteiger charge is 2.47. The molecule has 33 heavy (non-hydrogen) atoms. The number of aromatic nitrogens is 2. The van der Waals surface area contributed by atoms with Crippen molar-refractivity contribution in [3.8, 4) is 0 Å². The molecule has 8 nitrogen and oxygen atoms in total. The summed E-state index contributed by atoms with van der Waals surface area (Å²) in [4.78, 5) is 19.2. The van der Waals surface area contributed by atoms with Crippen LogP contribution in [0.1, 0.15) is 78.5 Å². The summed E-state index contributed by atoms with van der Waals surface area (Å²) < 4.78 is 7.74. The highest BCUT2D eigenvalue weighted by atomic mass is 16.6. The standard InChI is InChI=1S/C25H43N5O3/c1-19-16-21(29-15-14-27(17-24(5,6)32)18-25(29)10-7-11-25)26-30(19)20-8-12-28(13-9-20)22(31)33-23(2,3)4/h16,20,32H,7-15,17-18H2,1-6H3. The van der Waals surface area contributed by atoms with Gasteiger partial charge in [-0.3, -0.25) is 9.58 Å². The average Bonchev–Trinajstić information content (AvgIpc) is 3.05. The predicted molar refractivity (Wildman–Crippen MR) is 130 cm³/mol. The molecular formula is C25H43N5O3. The van der Waals surface area contributed by atoms with E-state index in [1.165, 1.54) is 25.0 Å². The molecule has 2 saturated heterocycles. The number of anilines is 1. The molecule has 0 bridgehead atoms. The van der Waals surface area contributed by atoms with Crippen LogP contribution < -0.4 is 4.90 Å². The topological polar surface area (TPSA) is 74.1 Å². The average molecular weight is 462 g/mol. The maximum absolute atomic E-state index is 12.4. The minimum Gasteiger partial charge on any atom is -0.444 e. The quantitative estimate of drug-likeness (QED) is 0.739. The number of rotatable bonds is 4. The molecular weight excluding hydrogens is 418 g/mol. The third-order valence-electron chi connectivity index (χ3n) is 7.27. The van der Waals surface area contributed by atoms with Gasteiger partial charge in [-0.05, 0) is 73.6 Å². The van der Waals surface area contributed by atoms with Gasteiger partial charge in [0.25, 0.3) is 0 Å². The number of piperidine rings is 1. The fourth-order valence-electron chi connectivity index (χ4n) is 5.70. The van der Waals surface area contributed by atoms with E-state index >= 15 is 0 Å². The minimum atomic E-state index is -0.667. The van der Waals surface area contributed by atoms with Crippen molar-refractivity contribution < 1.29 is 14.6 Å². The van der Waals surface area contributed by atoms with Crippen molar-refractivity contribution in [1.29, 1.82) is 0 Å². The Labute approximate surface area is 198 Å². The Kier molecular flexibility index (Phi) is 6.46. The van der Waals surface area contributed by atoms with Gasteiger partial charge < -0.3 is 19.6 Å². The monoisotopic (exact) mass is 461 g/mol. The molecule has 186 valence electrons. The first-order valence-electron chi connectivity index (χ1n) is 12.6. The van der Waals surface area contributed by atoms with E-state index in [1.807, 2.05) is 39.5 Å². The Morgan fingerprint density at radius 3 is 2.36 bits per heavy atom. The van der Waals surface area contributed by atoms with Crippen LogP contribution in [0.25, 0.3) is 0 Å². The highest BCUT2D eigenvalue weighted by molar-refractivity contribution is 5.68. The molecule has 1 amide bonds. The van der Waals surface area contributed by atoms with Gasteiger partial charge in [-0.25, -0.2) is 4.79 Å². The number of aliphatic hydroxyl groups is 1. The molecule has 3 fully saturated rings. The smallest absolute Gasteiger partial charge is 0.410 e. The van der Waals surface area contributed by atoms with Gasteiger partial charge in [0.2, 0.25) is 0 Å². The van der Waals surface area contributed by atoms with Crippen molar-refractivity contribution in [1.82, 2.24) is 19.6 Å². The van der Waals surface area contributed by atoms with Crippen LogP contribution in [0.3, 0.4) is 0 Å². The molecule has 1 saturated carbocycles. The van der Waals surface area contributed by atoms with Crippen LogP contribution in [-0.4, -0.2) is 86.8 Å². The second-order valence-corrected chi connectivity index (χ2v) is 12.0. The van der Waals surface area contributed by atoms with Crippen LogP contribution in [0, 0.1) is 6.92 Å². The van der Waals surface area contributed by atoms with E-state index < -0.39 is 11.2 Å². The third kappa shape index (κ3) is 5.48. The molecule has 8 heteroatoms. The zero-order valence-corrected chi connectivity index (χ0v) is 21.4. The molecule has 0 unspecified atom stereocenters. The second kappa shape index (κ2) is 8.77. The summed E-state index contributed by atoms with van der Waals surface area (Å²) in [6, 6.07) is 2.55. The van der Waals surface area contributed by atoms with Crippen LogP contribution in [0.15, 0.2) is 6.07 Å². The molecule has 1 aliphatic carbocycles. The zero-order valence-electron chi connectivity index (χ0n) is 21.4. The van der Waals surface area contributed by atoms with Gasteiger partial charge >= 0.3 is 6.09 Å². The van der Waals surface area contributed by atoms with Crippen LogP contribution >= 0.6 is 0 Å². The lowest BCUT2D eigenvalue weighted by Crippen LogP contribution is -2.67. The summed E-state index contributed by atoms with van der Waals surface area (Å²) in [5.74, 6) is 1.09. The van der Waals surface area contributed by atoms with Gasteiger partial charge in [-0.2, -0.15) is 5.10 Å². The number of β-amino-alcohol motifs (C(OH)–C–C–N with tert-alkyl or cyclic N) is 1. The maximum Gasteiger partial charge on any atom is 0.410 e. The van der Waals surface area contributed by atoms with Gasteiger partial charge in [0.15, 0.2) is 5.82 Å². The van der Waals surface area contributed by atoms with Crippen molar-refractivity contribution in [3.63, 3.8) is 0 Å². The number of ether oxygens (including phenoxy) is 1. The van der Waals surface area contributed by atoms with E-state index in [0.29, 0.717) is 25.7 Å². The lowest BCUT2D eigenvalue weighted by atomic mass is 9.73. The fraction of sp³-hybridized carbons (Fsp3) is 0.840. The zero-order chi connectivity index (χ0) is 24.0. The summed E-state index contributed by atoms with van der Waals surface area (Å²) in [5.41, 5.74) is 0.207. The van der Waals surface area contributed by atoms with Crippen molar-refractivity contribution in [2.75, 3.05) is 44.2 Å². The SMILES string of the molecule is Cc1cc(N2CCN(CC(C)(C)O)CC23CCC3)nn1C1CCN(C(=O)OC(C)(C)C)CC1. The molecule has 3 heterocycles. The minimum absolute atomic E-state index is 0.148. The largest absolute Gasteiger partial charge is 0.444 e. The number of nitrogens with zero attached hydrogens (tertiary/aromatic N) is 5. The lowest BCUT2D eigenvalue weighted by molar-refractivity contribution is 0.00915. The van der Waals surface area contributed by atoms with Gasteiger partial charge in [-0.1, -0.05) is 0 Å². The first-order chi connectivity index (χ1) is 15.4. The normalized spacial score (nSPS) is 22.5. The summed E-state index contributed by atoms with van der Waals surface area (Å²) in [7, 11) is 0. The second-order valence-electron chi connectivity index (χ2n) is 12.0. The number of carbonyl (C=O) groups is 1. The van der Waals surface area contributed by atoms with Crippen molar-refractivity contribution in [2.24, 2.45) is 0 Å². The van der Waals surface area contributed by atoms with E-state index in [1.54, 1.807) is 0 Å². The van der Waals surface area contributed by atoms with Crippen LogP contribution in [-0.2, 0) is 4.74 Å². The molecule has 1 spiro atoms. The number of amides is 1. The summed E-state index contributed by atoms with van der Waals surface area (Å²) in [6.45, 7) is 16.7. The Balaban J connectivity index is 1.41. The molecule has 4 rings (SSSR count). The van der Waals surface area contributed by atoms with E-state index in [0.717, 1.165) is 38.3 Å². The number of hydrogen-bond donors (Lipinski definition) is 1. The predicted octanol–water partition coefficient (Wildman–Crippen LogP) is 3.58. The Morgan fingerprint density at radius 2 is 1.82 bits per heavy atom. The number of aryl methyl sites for hydroxylation is 1. The number of piperazine rings is 1. The first-order valence-corrected chi connectivity index (χ1v) is 12.6. The van der Waals surface area contributed by atoms with E-state index in [-0.39, 0.29) is 11.6 Å². The van der Waals surface area contributed by atoms with Crippen LogP contribution in [0.2, 0.25) is 0 Å². The van der Waals surface area contributed by atoms with E-state index in [4.69, 9.17) is 9.84 Å². The third-order valence-corrected chi connectivity index (χ3v) is 7.27. The van der Waals surface area contributed by atoms with E-state index in [9.17, 15) is 9.90 Å². The molecule has 0 aromatic carbocycles. The van der Waals surface area contributed by atoms with Gasteiger partial charge in [-0.15, -0.1) is 0 Å². The number of likely N-dealkylation sites (tertiary alicyclic amines) is 1. The van der Waals surface area contributed by atoms with Gasteiger partial charge in [0.1, 0.15) is 5.60 Å². The van der Waals surface area contributed by atoms with E-state index in [2.05, 4.69) is 27.5 Å². The summed E-state index contributed by atoms with van der Waals surface area (Å²) in [5, 5.41) is 15.4. The molecule has 0 radical (unpaired) electrons. The highest BCUT2D eigenvalue weighted by Crippen LogP contribution is 2.43. The number of carbonyl (C=O) groups excluding carboxylic acids is 1. The fourth-order valence-corrected chi connectivity index (χ4v) is 5.70. The summed E-state index contributed by atoms with van der Waals surface area (Å²) in [6.07, 6.45) is 5.22. The molecule has 3 aliphatic rings. The van der Waals surface area contributed by atoms with Crippen LogP contribution in [0.4, 0.5) is 10.6 Å².